The largest absolute Gasteiger partial charge is 0.508 e. The molecule has 0 aliphatic carbocycles. The minimum atomic E-state index is -0.0829. The zero-order valence-electron chi connectivity index (χ0n) is 17.7. The molecule has 160 valence electrons. The maximum atomic E-state index is 12.5. The number of phenolic OH excluding ortho intramolecular Hbond substituents is 1. The van der Waals surface area contributed by atoms with Crippen LogP contribution in [0.15, 0.2) is 48.5 Å². The third kappa shape index (κ3) is 5.51. The molecule has 0 radical (unpaired) electrons. The molecule has 0 saturated carbocycles. The lowest BCUT2D eigenvalue weighted by Gasteiger charge is -2.35. The van der Waals surface area contributed by atoms with Crippen molar-refractivity contribution >= 4 is 23.2 Å². The molecule has 1 heterocycles. The van der Waals surface area contributed by atoms with Gasteiger partial charge < -0.3 is 20.2 Å². The highest BCUT2D eigenvalue weighted by Gasteiger charge is 2.20. The molecule has 1 fully saturated rings. The summed E-state index contributed by atoms with van der Waals surface area (Å²) in [7, 11) is 0. The number of carbonyl (C=O) groups is 2. The first-order chi connectivity index (χ1) is 14.5. The highest BCUT2D eigenvalue weighted by atomic mass is 16.3. The van der Waals surface area contributed by atoms with Gasteiger partial charge in [-0.25, -0.2) is 0 Å². The van der Waals surface area contributed by atoms with Gasteiger partial charge in [0.15, 0.2) is 0 Å². The Morgan fingerprint density at radius 2 is 1.67 bits per heavy atom. The Bertz CT molecular complexity index is 857. The summed E-state index contributed by atoms with van der Waals surface area (Å²) in [4.78, 5) is 31.1. The molecule has 7 nitrogen and oxygen atoms in total. The first-order valence-electron chi connectivity index (χ1n) is 10.5. The Hall–Kier alpha value is -3.06. The molecule has 0 atom stereocenters. The number of nitrogens with zero attached hydrogens (tertiary/aromatic N) is 3. The summed E-state index contributed by atoms with van der Waals surface area (Å²) in [6, 6.07) is 14.3. The maximum Gasteiger partial charge on any atom is 0.253 e. The zero-order valence-corrected chi connectivity index (χ0v) is 17.7. The van der Waals surface area contributed by atoms with E-state index in [0.29, 0.717) is 30.9 Å². The number of hydrogen-bond acceptors (Lipinski definition) is 5. The van der Waals surface area contributed by atoms with Crippen molar-refractivity contribution in [1.29, 1.82) is 0 Å². The molecule has 2 aromatic rings. The van der Waals surface area contributed by atoms with Crippen molar-refractivity contribution in [2.24, 2.45) is 0 Å². The van der Waals surface area contributed by atoms with Crippen LogP contribution in [0.5, 0.6) is 5.75 Å². The number of piperazine rings is 1. The van der Waals surface area contributed by atoms with E-state index in [0.717, 1.165) is 31.9 Å². The molecule has 2 amide bonds. The minimum Gasteiger partial charge on any atom is -0.508 e. The molecule has 3 rings (SSSR count). The number of nitrogens with one attached hydrogen (secondary N) is 1. The molecule has 2 aromatic carbocycles. The molecule has 0 aromatic heterocycles. The number of amides is 2. The van der Waals surface area contributed by atoms with Crippen molar-refractivity contribution in [2.75, 3.05) is 56.0 Å². The average Bonchev–Trinajstić information content (AvgIpc) is 2.76. The number of anilines is 2. The summed E-state index contributed by atoms with van der Waals surface area (Å²) in [5, 5.41) is 12.3. The molecule has 0 bridgehead atoms. The van der Waals surface area contributed by atoms with Crippen LogP contribution < -0.4 is 10.2 Å². The van der Waals surface area contributed by atoms with Crippen LogP contribution >= 0.6 is 0 Å². The number of hydrogen-bond donors (Lipinski definition) is 2. The second-order valence-electron chi connectivity index (χ2n) is 7.39. The van der Waals surface area contributed by atoms with Gasteiger partial charge in [-0.3, -0.25) is 14.5 Å². The zero-order chi connectivity index (χ0) is 21.5. The van der Waals surface area contributed by atoms with E-state index < -0.39 is 0 Å². The molecule has 2 N–H and O–H groups in total. The summed E-state index contributed by atoms with van der Waals surface area (Å²) in [5.74, 6) is 0.152. The van der Waals surface area contributed by atoms with Gasteiger partial charge in [0.1, 0.15) is 5.75 Å². The van der Waals surface area contributed by atoms with E-state index in [2.05, 4.69) is 15.1 Å². The van der Waals surface area contributed by atoms with E-state index in [1.165, 1.54) is 0 Å². The van der Waals surface area contributed by atoms with E-state index in [1.54, 1.807) is 41.3 Å². The second-order valence-corrected chi connectivity index (χ2v) is 7.39. The van der Waals surface area contributed by atoms with Gasteiger partial charge in [0, 0.05) is 56.2 Å². The van der Waals surface area contributed by atoms with Crippen LogP contribution in [0.25, 0.3) is 0 Å². The van der Waals surface area contributed by atoms with Crippen LogP contribution in [0.3, 0.4) is 0 Å². The second kappa shape index (κ2) is 10.1. The van der Waals surface area contributed by atoms with Crippen molar-refractivity contribution in [1.82, 2.24) is 9.80 Å². The van der Waals surface area contributed by atoms with Crippen LogP contribution in [0.4, 0.5) is 11.4 Å². The highest BCUT2D eigenvalue weighted by Crippen LogP contribution is 2.20. The first-order valence-corrected chi connectivity index (χ1v) is 10.5. The Kier molecular flexibility index (Phi) is 7.30. The van der Waals surface area contributed by atoms with Crippen LogP contribution in [-0.2, 0) is 4.79 Å². The fourth-order valence-electron chi connectivity index (χ4n) is 3.65. The van der Waals surface area contributed by atoms with Gasteiger partial charge in [0.25, 0.3) is 5.91 Å². The Morgan fingerprint density at radius 1 is 1.00 bits per heavy atom. The predicted molar refractivity (Wildman–Crippen MR) is 119 cm³/mol. The van der Waals surface area contributed by atoms with E-state index in [-0.39, 0.29) is 17.6 Å². The van der Waals surface area contributed by atoms with Crippen LogP contribution in [-0.4, -0.2) is 72.5 Å². The summed E-state index contributed by atoms with van der Waals surface area (Å²) in [6.07, 6.45) is 0. The molecule has 1 aliphatic heterocycles. The number of carbonyl (C=O) groups excluding carboxylic acids is 2. The third-order valence-electron chi connectivity index (χ3n) is 5.40. The number of rotatable bonds is 7. The monoisotopic (exact) mass is 410 g/mol. The molecular weight excluding hydrogens is 380 g/mol. The quantitative estimate of drug-likeness (QED) is 0.734. The smallest absolute Gasteiger partial charge is 0.253 e. The molecule has 30 heavy (non-hydrogen) atoms. The van der Waals surface area contributed by atoms with E-state index in [9.17, 15) is 14.7 Å². The predicted octanol–water partition coefficient (Wildman–Crippen LogP) is 2.63. The Balaban J connectivity index is 1.51. The van der Waals surface area contributed by atoms with Gasteiger partial charge in [-0.15, -0.1) is 0 Å². The maximum absolute atomic E-state index is 12.5. The molecule has 7 heteroatoms. The van der Waals surface area contributed by atoms with Crippen LogP contribution in [0.2, 0.25) is 0 Å². The number of phenols is 1. The lowest BCUT2D eigenvalue weighted by Crippen LogP contribution is -2.48. The molecule has 0 spiro atoms. The fourth-order valence-corrected chi connectivity index (χ4v) is 3.65. The Morgan fingerprint density at radius 3 is 2.30 bits per heavy atom. The third-order valence-corrected chi connectivity index (χ3v) is 5.40. The van der Waals surface area contributed by atoms with Gasteiger partial charge in [0.2, 0.25) is 5.91 Å². The van der Waals surface area contributed by atoms with Crippen molar-refractivity contribution < 1.29 is 14.7 Å². The van der Waals surface area contributed by atoms with E-state index in [4.69, 9.17) is 0 Å². The first kappa shape index (κ1) is 21.6. The highest BCUT2D eigenvalue weighted by molar-refractivity contribution is 5.97. The standard InChI is InChI=1S/C23H30N4O3/c1-3-26(4-2)23(30)18-6-5-7-19(16-18)24-22(29)17-25-12-14-27(15-13-25)20-8-10-21(28)11-9-20/h5-11,16,28H,3-4,12-15,17H2,1-2H3,(H,24,29). The van der Waals surface area contributed by atoms with E-state index >= 15 is 0 Å². The van der Waals surface area contributed by atoms with Crippen LogP contribution in [0.1, 0.15) is 24.2 Å². The lowest BCUT2D eigenvalue weighted by atomic mass is 10.1. The van der Waals surface area contributed by atoms with Gasteiger partial charge in [-0.2, -0.15) is 0 Å². The van der Waals surface area contributed by atoms with E-state index in [1.807, 2.05) is 26.0 Å². The van der Waals surface area contributed by atoms with Gasteiger partial charge >= 0.3 is 0 Å². The molecule has 1 aliphatic rings. The van der Waals surface area contributed by atoms with Gasteiger partial charge in [0.05, 0.1) is 6.54 Å². The topological polar surface area (TPSA) is 76.1 Å². The molecule has 0 unspecified atom stereocenters. The summed E-state index contributed by atoms with van der Waals surface area (Å²) < 4.78 is 0. The van der Waals surface area contributed by atoms with Crippen molar-refractivity contribution in [3.05, 3.63) is 54.1 Å². The van der Waals surface area contributed by atoms with Gasteiger partial charge in [-0.05, 0) is 56.3 Å². The molecular formula is C23H30N4O3. The fraction of sp³-hybridized carbons (Fsp3) is 0.391. The SMILES string of the molecule is CCN(CC)C(=O)c1cccc(NC(=O)CN2CCN(c3ccc(O)cc3)CC2)c1. The summed E-state index contributed by atoms with van der Waals surface area (Å²) in [5.41, 5.74) is 2.30. The minimum absolute atomic E-state index is 0.0264. The average molecular weight is 411 g/mol. The summed E-state index contributed by atoms with van der Waals surface area (Å²) in [6.45, 7) is 8.76. The van der Waals surface area contributed by atoms with Crippen molar-refractivity contribution in [3.63, 3.8) is 0 Å². The van der Waals surface area contributed by atoms with Crippen molar-refractivity contribution in [2.45, 2.75) is 13.8 Å². The number of benzene rings is 2. The van der Waals surface area contributed by atoms with Crippen LogP contribution in [0, 0.1) is 0 Å². The number of aromatic hydroxyl groups is 1. The normalized spacial score (nSPS) is 14.4. The summed E-state index contributed by atoms with van der Waals surface area (Å²) >= 11 is 0. The van der Waals surface area contributed by atoms with Gasteiger partial charge in [-0.1, -0.05) is 6.07 Å². The molecule has 1 saturated heterocycles. The lowest BCUT2D eigenvalue weighted by molar-refractivity contribution is -0.117. The van der Waals surface area contributed by atoms with Crippen molar-refractivity contribution in [3.8, 4) is 5.75 Å². The Labute approximate surface area is 177 Å².